The van der Waals surface area contributed by atoms with Crippen LogP contribution in [0.1, 0.15) is 41.1 Å². The van der Waals surface area contributed by atoms with Crippen molar-refractivity contribution in [2.45, 2.75) is 31.7 Å². The first-order chi connectivity index (χ1) is 9.59. The van der Waals surface area contributed by atoms with Gasteiger partial charge in [-0.3, -0.25) is 4.79 Å². The van der Waals surface area contributed by atoms with Gasteiger partial charge in [-0.05, 0) is 43.9 Å². The molecule has 0 bridgehead atoms. The highest BCUT2D eigenvalue weighted by Crippen LogP contribution is 2.42. The molecule has 0 unspecified atom stereocenters. The summed E-state index contributed by atoms with van der Waals surface area (Å²) in [6.07, 6.45) is 4.66. The van der Waals surface area contributed by atoms with Crippen LogP contribution in [0.4, 0.5) is 0 Å². The molecule has 20 heavy (non-hydrogen) atoms. The number of aromatic amines is 1. The summed E-state index contributed by atoms with van der Waals surface area (Å²) in [5, 5.41) is 3.17. The summed E-state index contributed by atoms with van der Waals surface area (Å²) in [6.45, 7) is 1.84. The van der Waals surface area contributed by atoms with E-state index in [4.69, 9.17) is 0 Å². The molecule has 1 saturated carbocycles. The van der Waals surface area contributed by atoms with Crippen LogP contribution in [0.2, 0.25) is 0 Å². The molecule has 0 saturated heterocycles. The van der Waals surface area contributed by atoms with Crippen LogP contribution in [0.15, 0.2) is 34.9 Å². The predicted octanol–water partition coefficient (Wildman–Crippen LogP) is 3.29. The Balaban J connectivity index is 1.85. The molecule has 1 heterocycles. The van der Waals surface area contributed by atoms with Crippen LogP contribution in [0, 0.1) is 6.92 Å². The quantitative estimate of drug-likeness (QED) is 0.905. The molecule has 104 valence electrons. The minimum absolute atomic E-state index is 0.0923. The summed E-state index contributed by atoms with van der Waals surface area (Å²) in [6, 6.07) is 8.15. The fourth-order valence-electron chi connectivity index (χ4n) is 2.62. The zero-order chi connectivity index (χ0) is 14.2. The lowest BCUT2D eigenvalue weighted by Gasteiger charge is -2.43. The maximum absolute atomic E-state index is 12.3. The first kappa shape index (κ1) is 13.4. The number of nitrogens with zero attached hydrogens (tertiary/aromatic N) is 1. The molecule has 2 aromatic rings. The maximum atomic E-state index is 12.3. The third kappa shape index (κ3) is 2.38. The Morgan fingerprint density at radius 1 is 1.45 bits per heavy atom. The van der Waals surface area contributed by atoms with E-state index in [1.807, 2.05) is 19.1 Å². The van der Waals surface area contributed by atoms with Gasteiger partial charge in [0.1, 0.15) is 11.5 Å². The monoisotopic (exact) mass is 333 g/mol. The Labute approximate surface area is 126 Å². The molecule has 1 aliphatic rings. The SMILES string of the molecule is Cc1ncc(C(=O)NC2(c3cccc(Br)c3)CCC2)[nH]1. The lowest BCUT2D eigenvalue weighted by atomic mass is 9.71. The first-order valence-corrected chi connectivity index (χ1v) is 7.49. The van der Waals surface area contributed by atoms with Crippen LogP contribution in [0.5, 0.6) is 0 Å². The average molecular weight is 334 g/mol. The Kier molecular flexibility index (Phi) is 3.38. The second-order valence-corrected chi connectivity index (χ2v) is 6.20. The summed E-state index contributed by atoms with van der Waals surface area (Å²) in [4.78, 5) is 19.4. The van der Waals surface area contributed by atoms with Crippen LogP contribution in [0.25, 0.3) is 0 Å². The maximum Gasteiger partial charge on any atom is 0.270 e. The van der Waals surface area contributed by atoms with Gasteiger partial charge >= 0.3 is 0 Å². The molecule has 3 rings (SSSR count). The number of hydrogen-bond acceptors (Lipinski definition) is 2. The van der Waals surface area contributed by atoms with Crippen LogP contribution in [-0.4, -0.2) is 15.9 Å². The van der Waals surface area contributed by atoms with Gasteiger partial charge in [0.05, 0.1) is 11.7 Å². The Bertz CT molecular complexity index is 646. The molecule has 0 spiro atoms. The summed E-state index contributed by atoms with van der Waals surface area (Å²) in [5.41, 5.74) is 1.44. The van der Waals surface area contributed by atoms with E-state index in [2.05, 4.69) is 43.3 Å². The molecule has 1 amide bonds. The van der Waals surface area contributed by atoms with Crippen LogP contribution in [-0.2, 0) is 5.54 Å². The molecule has 0 atom stereocenters. The van der Waals surface area contributed by atoms with E-state index in [0.29, 0.717) is 5.69 Å². The van der Waals surface area contributed by atoms with Crippen molar-refractivity contribution in [1.82, 2.24) is 15.3 Å². The summed E-state index contributed by atoms with van der Waals surface area (Å²) in [5.74, 6) is 0.658. The number of halogens is 1. The number of aryl methyl sites for hydroxylation is 1. The van der Waals surface area contributed by atoms with Crippen LogP contribution >= 0.6 is 15.9 Å². The van der Waals surface area contributed by atoms with Crippen molar-refractivity contribution in [2.24, 2.45) is 0 Å². The van der Waals surface area contributed by atoms with Gasteiger partial charge in [-0.2, -0.15) is 0 Å². The number of hydrogen-bond donors (Lipinski definition) is 2. The number of H-pyrrole nitrogens is 1. The normalized spacial score (nSPS) is 16.5. The van der Waals surface area contributed by atoms with E-state index in [1.165, 1.54) is 0 Å². The molecule has 4 nitrogen and oxygen atoms in total. The van der Waals surface area contributed by atoms with Crippen LogP contribution < -0.4 is 5.32 Å². The summed E-state index contributed by atoms with van der Waals surface area (Å²) < 4.78 is 1.04. The van der Waals surface area contributed by atoms with Gasteiger partial charge in [0.2, 0.25) is 0 Å². The van der Waals surface area contributed by atoms with Crippen molar-refractivity contribution < 1.29 is 4.79 Å². The highest BCUT2D eigenvalue weighted by atomic mass is 79.9. The second kappa shape index (κ2) is 5.05. The molecule has 1 aromatic heterocycles. The molecule has 0 radical (unpaired) electrons. The van der Waals surface area contributed by atoms with E-state index >= 15 is 0 Å². The average Bonchev–Trinajstić information content (AvgIpc) is 2.80. The van der Waals surface area contributed by atoms with E-state index in [-0.39, 0.29) is 11.4 Å². The molecular weight excluding hydrogens is 318 g/mol. The molecule has 5 heteroatoms. The lowest BCUT2D eigenvalue weighted by molar-refractivity contribution is 0.0818. The third-order valence-corrected chi connectivity index (χ3v) is 4.38. The van der Waals surface area contributed by atoms with Crippen molar-refractivity contribution in [3.8, 4) is 0 Å². The number of aromatic nitrogens is 2. The molecular formula is C15H16BrN3O. The van der Waals surface area contributed by atoms with Crippen molar-refractivity contribution in [2.75, 3.05) is 0 Å². The number of carbonyl (C=O) groups is 1. The van der Waals surface area contributed by atoms with Gasteiger partial charge in [0.15, 0.2) is 0 Å². The van der Waals surface area contributed by atoms with Gasteiger partial charge in [-0.25, -0.2) is 4.98 Å². The van der Waals surface area contributed by atoms with E-state index < -0.39 is 0 Å². The molecule has 0 aliphatic heterocycles. The topological polar surface area (TPSA) is 57.8 Å². The largest absolute Gasteiger partial charge is 0.341 e. The van der Waals surface area contributed by atoms with Crippen molar-refractivity contribution in [3.63, 3.8) is 0 Å². The van der Waals surface area contributed by atoms with Crippen molar-refractivity contribution >= 4 is 21.8 Å². The zero-order valence-corrected chi connectivity index (χ0v) is 12.8. The number of amides is 1. The molecule has 1 aliphatic carbocycles. The molecule has 1 aromatic carbocycles. The second-order valence-electron chi connectivity index (χ2n) is 5.28. The van der Waals surface area contributed by atoms with Crippen molar-refractivity contribution in [3.05, 3.63) is 52.0 Å². The number of rotatable bonds is 3. The number of imidazole rings is 1. The Morgan fingerprint density at radius 2 is 2.25 bits per heavy atom. The van der Waals surface area contributed by atoms with Gasteiger partial charge in [-0.1, -0.05) is 28.1 Å². The fraction of sp³-hybridized carbons (Fsp3) is 0.333. The Hall–Kier alpha value is -1.62. The highest BCUT2D eigenvalue weighted by molar-refractivity contribution is 9.10. The van der Waals surface area contributed by atoms with Crippen LogP contribution in [0.3, 0.4) is 0 Å². The van der Waals surface area contributed by atoms with Gasteiger partial charge in [-0.15, -0.1) is 0 Å². The fourth-order valence-corrected chi connectivity index (χ4v) is 3.02. The number of nitrogens with one attached hydrogen (secondary N) is 2. The molecule has 2 N–H and O–H groups in total. The summed E-state index contributed by atoms with van der Waals surface area (Å²) in [7, 11) is 0. The van der Waals surface area contributed by atoms with Gasteiger partial charge in [0, 0.05) is 4.47 Å². The molecule has 1 fully saturated rings. The van der Waals surface area contributed by atoms with Gasteiger partial charge < -0.3 is 10.3 Å². The standard InChI is InChI=1S/C15H16BrN3O/c1-10-17-9-13(18-10)14(20)19-15(6-3-7-15)11-4-2-5-12(16)8-11/h2,4-5,8-9H,3,6-7H2,1H3,(H,17,18)(H,19,20). The lowest BCUT2D eigenvalue weighted by Crippen LogP contribution is -2.50. The number of carbonyl (C=O) groups excluding carboxylic acids is 1. The minimum Gasteiger partial charge on any atom is -0.341 e. The van der Waals surface area contributed by atoms with E-state index in [1.54, 1.807) is 6.20 Å². The zero-order valence-electron chi connectivity index (χ0n) is 11.2. The first-order valence-electron chi connectivity index (χ1n) is 6.69. The number of benzene rings is 1. The summed E-state index contributed by atoms with van der Waals surface area (Å²) >= 11 is 3.49. The Morgan fingerprint density at radius 3 is 2.80 bits per heavy atom. The predicted molar refractivity (Wildman–Crippen MR) is 80.5 cm³/mol. The minimum atomic E-state index is -0.236. The van der Waals surface area contributed by atoms with Crippen molar-refractivity contribution in [1.29, 1.82) is 0 Å². The highest BCUT2D eigenvalue weighted by Gasteiger charge is 2.40. The third-order valence-electron chi connectivity index (χ3n) is 3.88. The van der Waals surface area contributed by atoms with Gasteiger partial charge in [0.25, 0.3) is 5.91 Å². The van der Waals surface area contributed by atoms with E-state index in [9.17, 15) is 4.79 Å². The smallest absolute Gasteiger partial charge is 0.270 e. The van der Waals surface area contributed by atoms with E-state index in [0.717, 1.165) is 35.1 Å².